The standard InChI is InChI=1S/C21H26FN3O3S/c1-3-19(26)23-9-8-16-13-29-20(24-16)15-5-4-10-25(12-15)21(27)14-6-7-18(28-2)17(22)11-14/h6-7,11,13,15H,3-5,8-10,12H2,1-2H3,(H,23,26)/t15-/m0/s1. The highest BCUT2D eigenvalue weighted by Crippen LogP contribution is 2.30. The van der Waals surface area contributed by atoms with Crippen molar-refractivity contribution in [3.8, 4) is 5.75 Å². The van der Waals surface area contributed by atoms with E-state index in [0.717, 1.165) is 23.5 Å². The maximum absolute atomic E-state index is 14.0. The first-order valence-corrected chi connectivity index (χ1v) is 10.7. The summed E-state index contributed by atoms with van der Waals surface area (Å²) >= 11 is 1.60. The van der Waals surface area contributed by atoms with Crippen LogP contribution >= 0.6 is 11.3 Å². The molecule has 0 spiro atoms. The van der Waals surface area contributed by atoms with Crippen molar-refractivity contribution in [3.63, 3.8) is 0 Å². The smallest absolute Gasteiger partial charge is 0.253 e. The summed E-state index contributed by atoms with van der Waals surface area (Å²) in [5.41, 5.74) is 1.29. The Kier molecular flexibility index (Phi) is 7.19. The third kappa shape index (κ3) is 5.32. The Balaban J connectivity index is 1.61. The van der Waals surface area contributed by atoms with E-state index in [4.69, 9.17) is 9.72 Å². The molecule has 29 heavy (non-hydrogen) atoms. The minimum atomic E-state index is -0.536. The second kappa shape index (κ2) is 9.82. The molecule has 6 nitrogen and oxygen atoms in total. The Morgan fingerprint density at radius 2 is 2.24 bits per heavy atom. The lowest BCUT2D eigenvalue weighted by Crippen LogP contribution is -2.39. The molecular formula is C21H26FN3O3S. The van der Waals surface area contributed by atoms with Crippen LogP contribution in [0.5, 0.6) is 5.75 Å². The summed E-state index contributed by atoms with van der Waals surface area (Å²) in [4.78, 5) is 30.6. The van der Waals surface area contributed by atoms with Crippen molar-refractivity contribution in [1.82, 2.24) is 15.2 Å². The molecule has 0 aliphatic carbocycles. The van der Waals surface area contributed by atoms with Gasteiger partial charge in [0, 0.05) is 49.3 Å². The van der Waals surface area contributed by atoms with Crippen LogP contribution in [0.3, 0.4) is 0 Å². The van der Waals surface area contributed by atoms with Gasteiger partial charge in [-0.05, 0) is 31.0 Å². The maximum Gasteiger partial charge on any atom is 0.253 e. The molecule has 1 aliphatic heterocycles. The number of rotatable bonds is 7. The van der Waals surface area contributed by atoms with E-state index < -0.39 is 5.82 Å². The molecular weight excluding hydrogens is 393 g/mol. The molecule has 1 aromatic carbocycles. The molecule has 1 N–H and O–H groups in total. The number of benzene rings is 1. The normalized spacial score (nSPS) is 16.5. The molecule has 0 bridgehead atoms. The molecule has 8 heteroatoms. The molecule has 156 valence electrons. The second-order valence-corrected chi connectivity index (χ2v) is 7.96. The first-order valence-electron chi connectivity index (χ1n) is 9.85. The van der Waals surface area contributed by atoms with Crippen molar-refractivity contribution < 1.29 is 18.7 Å². The van der Waals surface area contributed by atoms with Gasteiger partial charge < -0.3 is 15.0 Å². The zero-order valence-corrected chi connectivity index (χ0v) is 17.6. The predicted octanol–water partition coefficient (Wildman–Crippen LogP) is 3.38. The molecule has 2 amide bonds. The average molecular weight is 420 g/mol. The number of carbonyl (C=O) groups is 2. The maximum atomic E-state index is 14.0. The number of halogens is 1. The van der Waals surface area contributed by atoms with Crippen molar-refractivity contribution in [1.29, 1.82) is 0 Å². The van der Waals surface area contributed by atoms with E-state index in [1.165, 1.54) is 19.2 Å². The summed E-state index contributed by atoms with van der Waals surface area (Å²) in [6.07, 6.45) is 3.03. The van der Waals surface area contributed by atoms with Crippen LogP contribution in [0.2, 0.25) is 0 Å². The van der Waals surface area contributed by atoms with Gasteiger partial charge in [-0.25, -0.2) is 9.37 Å². The lowest BCUT2D eigenvalue weighted by atomic mass is 9.98. The van der Waals surface area contributed by atoms with Crippen LogP contribution in [-0.4, -0.2) is 48.4 Å². The highest BCUT2D eigenvalue weighted by atomic mass is 32.1. The minimum absolute atomic E-state index is 0.0388. The van der Waals surface area contributed by atoms with Crippen molar-refractivity contribution in [3.05, 3.63) is 45.7 Å². The monoisotopic (exact) mass is 419 g/mol. The Hall–Kier alpha value is -2.48. The fourth-order valence-corrected chi connectivity index (χ4v) is 4.41. The Morgan fingerprint density at radius 1 is 1.41 bits per heavy atom. The van der Waals surface area contributed by atoms with Crippen LogP contribution in [0.15, 0.2) is 23.6 Å². The van der Waals surface area contributed by atoms with Gasteiger partial charge in [0.2, 0.25) is 5.91 Å². The molecule has 1 aliphatic rings. The van der Waals surface area contributed by atoms with Crippen LogP contribution in [0, 0.1) is 5.82 Å². The topological polar surface area (TPSA) is 71.5 Å². The van der Waals surface area contributed by atoms with Gasteiger partial charge in [-0.3, -0.25) is 9.59 Å². The molecule has 1 atom stereocenters. The van der Waals surface area contributed by atoms with Crippen LogP contribution < -0.4 is 10.1 Å². The number of ether oxygens (including phenoxy) is 1. The van der Waals surface area contributed by atoms with Gasteiger partial charge in [-0.2, -0.15) is 0 Å². The van der Waals surface area contributed by atoms with Gasteiger partial charge in [0.25, 0.3) is 5.91 Å². The summed E-state index contributed by atoms with van der Waals surface area (Å²) in [7, 11) is 1.40. The zero-order chi connectivity index (χ0) is 20.8. The summed E-state index contributed by atoms with van der Waals surface area (Å²) < 4.78 is 18.9. The number of thiazole rings is 1. The van der Waals surface area contributed by atoms with E-state index in [0.29, 0.717) is 38.0 Å². The van der Waals surface area contributed by atoms with Gasteiger partial charge in [-0.15, -0.1) is 11.3 Å². The molecule has 0 saturated carbocycles. The molecule has 2 aromatic rings. The first kappa shape index (κ1) is 21.2. The van der Waals surface area contributed by atoms with Crippen molar-refractivity contribution in [2.75, 3.05) is 26.7 Å². The Labute approximate surface area is 174 Å². The van der Waals surface area contributed by atoms with Gasteiger partial charge >= 0.3 is 0 Å². The van der Waals surface area contributed by atoms with Gasteiger partial charge in [0.1, 0.15) is 0 Å². The number of nitrogens with zero attached hydrogens (tertiary/aromatic N) is 2. The molecule has 2 heterocycles. The van der Waals surface area contributed by atoms with Gasteiger partial charge in [-0.1, -0.05) is 6.92 Å². The Morgan fingerprint density at radius 3 is 2.97 bits per heavy atom. The summed E-state index contributed by atoms with van der Waals surface area (Å²) in [6.45, 7) is 3.64. The van der Waals surface area contributed by atoms with E-state index in [1.807, 2.05) is 12.3 Å². The van der Waals surface area contributed by atoms with Gasteiger partial charge in [0.15, 0.2) is 11.6 Å². The number of amides is 2. The van der Waals surface area contributed by atoms with Crippen LogP contribution in [0.4, 0.5) is 4.39 Å². The fourth-order valence-electron chi connectivity index (χ4n) is 3.43. The quantitative estimate of drug-likeness (QED) is 0.747. The molecule has 1 saturated heterocycles. The SMILES string of the molecule is CCC(=O)NCCc1csc([C@H]2CCCN(C(=O)c3ccc(OC)c(F)c3)C2)n1. The van der Waals surface area contributed by atoms with E-state index in [1.54, 1.807) is 22.3 Å². The van der Waals surface area contributed by atoms with Crippen molar-refractivity contribution in [2.24, 2.45) is 0 Å². The third-order valence-corrected chi connectivity index (χ3v) is 6.11. The fraction of sp³-hybridized carbons (Fsp3) is 0.476. The van der Waals surface area contributed by atoms with E-state index in [2.05, 4.69) is 5.32 Å². The summed E-state index contributed by atoms with van der Waals surface area (Å²) in [5, 5.41) is 5.89. The van der Waals surface area contributed by atoms with E-state index in [-0.39, 0.29) is 23.5 Å². The second-order valence-electron chi connectivity index (χ2n) is 7.07. The zero-order valence-electron chi connectivity index (χ0n) is 16.7. The largest absolute Gasteiger partial charge is 0.494 e. The first-order chi connectivity index (χ1) is 14.0. The number of nitrogens with one attached hydrogen (secondary N) is 1. The van der Waals surface area contributed by atoms with Crippen LogP contribution in [0.1, 0.15) is 53.2 Å². The minimum Gasteiger partial charge on any atom is -0.494 e. The van der Waals surface area contributed by atoms with Crippen LogP contribution in [-0.2, 0) is 11.2 Å². The highest BCUT2D eigenvalue weighted by Gasteiger charge is 2.27. The molecule has 1 aromatic heterocycles. The van der Waals surface area contributed by atoms with Crippen LogP contribution in [0.25, 0.3) is 0 Å². The highest BCUT2D eigenvalue weighted by molar-refractivity contribution is 7.09. The lowest BCUT2D eigenvalue weighted by molar-refractivity contribution is -0.120. The number of methoxy groups -OCH3 is 1. The summed E-state index contributed by atoms with van der Waals surface area (Å²) in [5.74, 6) is -0.359. The number of piperidine rings is 1. The van der Waals surface area contributed by atoms with Crippen molar-refractivity contribution in [2.45, 2.75) is 38.5 Å². The van der Waals surface area contributed by atoms with Gasteiger partial charge in [0.05, 0.1) is 17.8 Å². The predicted molar refractivity (Wildman–Crippen MR) is 110 cm³/mol. The third-order valence-electron chi connectivity index (χ3n) is 5.05. The molecule has 0 unspecified atom stereocenters. The molecule has 3 rings (SSSR count). The number of likely N-dealkylation sites (tertiary alicyclic amines) is 1. The number of hydrogen-bond donors (Lipinski definition) is 1. The molecule has 0 radical (unpaired) electrons. The van der Waals surface area contributed by atoms with Crippen molar-refractivity contribution >= 4 is 23.2 Å². The number of hydrogen-bond acceptors (Lipinski definition) is 5. The van der Waals surface area contributed by atoms with E-state index in [9.17, 15) is 14.0 Å². The average Bonchev–Trinajstić information content (AvgIpc) is 3.22. The number of carbonyl (C=O) groups excluding carboxylic acids is 2. The Bertz CT molecular complexity index is 871. The lowest BCUT2D eigenvalue weighted by Gasteiger charge is -2.32. The number of aromatic nitrogens is 1. The summed E-state index contributed by atoms with van der Waals surface area (Å²) in [6, 6.07) is 4.31. The van der Waals surface area contributed by atoms with E-state index >= 15 is 0 Å². The molecule has 1 fully saturated rings.